The number of amides is 5. The quantitative estimate of drug-likeness (QED) is 0.0857. The zero-order valence-corrected chi connectivity index (χ0v) is 25.1. The van der Waals surface area contributed by atoms with Gasteiger partial charge in [-0.25, -0.2) is 9.78 Å². The number of nitrogens with zero attached hydrogens (tertiary/aromatic N) is 1. The third-order valence-corrected chi connectivity index (χ3v) is 7.00. The number of thioether (sulfide) groups is 1. The van der Waals surface area contributed by atoms with E-state index in [1.807, 2.05) is 0 Å². The lowest BCUT2D eigenvalue weighted by molar-refractivity contribution is -0.142. The summed E-state index contributed by atoms with van der Waals surface area (Å²) in [6.07, 6.45) is 4.21. The van der Waals surface area contributed by atoms with Gasteiger partial charge in [0, 0.05) is 24.7 Å². The monoisotopic (exact) mass is 634 g/mol. The van der Waals surface area contributed by atoms with Crippen molar-refractivity contribution in [2.75, 3.05) is 12.0 Å². The minimum Gasteiger partial charge on any atom is -0.508 e. The molecule has 0 aliphatic rings. The van der Waals surface area contributed by atoms with Gasteiger partial charge in [0.05, 0.1) is 18.8 Å². The summed E-state index contributed by atoms with van der Waals surface area (Å²) in [6.45, 7) is 1.37. The largest absolute Gasteiger partial charge is 0.508 e. The summed E-state index contributed by atoms with van der Waals surface area (Å²) in [6, 6.07) is -0.297. The number of aromatic amines is 1. The summed E-state index contributed by atoms with van der Waals surface area (Å²) in [7, 11) is 0. The van der Waals surface area contributed by atoms with Crippen molar-refractivity contribution in [3.05, 3.63) is 48.0 Å². The third-order valence-electron chi connectivity index (χ3n) is 6.36. The topological polar surface area (TPSA) is 272 Å². The Balaban J connectivity index is 2.12. The Morgan fingerprint density at radius 3 is 2.09 bits per heavy atom. The van der Waals surface area contributed by atoms with Gasteiger partial charge in [-0.2, -0.15) is 11.8 Å². The lowest BCUT2D eigenvalue weighted by Gasteiger charge is -2.25. The number of carboxylic acids is 1. The molecular formula is C27H38N8O8S. The van der Waals surface area contributed by atoms with Gasteiger partial charge in [0.15, 0.2) is 0 Å². The molecule has 0 spiro atoms. The number of carbonyl (C=O) groups excluding carboxylic acids is 5. The maximum absolute atomic E-state index is 13.2. The number of imidazole rings is 1. The molecule has 2 aromatic rings. The van der Waals surface area contributed by atoms with E-state index in [1.165, 1.54) is 55.5 Å². The number of rotatable bonds is 18. The van der Waals surface area contributed by atoms with Crippen LogP contribution in [0.25, 0.3) is 0 Å². The Hall–Kier alpha value is -4.64. The molecule has 0 bridgehead atoms. The molecule has 1 aromatic heterocycles. The Morgan fingerprint density at radius 1 is 0.909 bits per heavy atom. The number of hydrogen-bond donors (Lipinski definition) is 9. The van der Waals surface area contributed by atoms with E-state index in [1.54, 1.807) is 6.26 Å². The average Bonchev–Trinajstić information content (AvgIpc) is 3.48. The molecule has 5 amide bonds. The van der Waals surface area contributed by atoms with E-state index >= 15 is 0 Å². The first-order valence-corrected chi connectivity index (χ1v) is 14.9. The Labute approximate surface area is 257 Å². The fraction of sp³-hybridized carbons (Fsp3) is 0.444. The van der Waals surface area contributed by atoms with Crippen molar-refractivity contribution in [2.24, 2.45) is 11.5 Å². The van der Waals surface area contributed by atoms with E-state index in [9.17, 15) is 39.0 Å². The van der Waals surface area contributed by atoms with Crippen LogP contribution in [-0.2, 0) is 41.6 Å². The highest BCUT2D eigenvalue weighted by Crippen LogP contribution is 2.12. The summed E-state index contributed by atoms with van der Waals surface area (Å²) in [4.78, 5) is 81.5. The predicted octanol–water partition coefficient (Wildman–Crippen LogP) is -2.10. The van der Waals surface area contributed by atoms with Gasteiger partial charge in [-0.15, -0.1) is 0 Å². The first-order chi connectivity index (χ1) is 20.8. The lowest BCUT2D eigenvalue weighted by atomic mass is 10.0. The van der Waals surface area contributed by atoms with E-state index in [4.69, 9.17) is 11.5 Å². The van der Waals surface area contributed by atoms with Crippen LogP contribution in [0.4, 0.5) is 0 Å². The van der Waals surface area contributed by atoms with Crippen molar-refractivity contribution in [2.45, 2.75) is 62.8 Å². The zero-order chi connectivity index (χ0) is 32.8. The smallest absolute Gasteiger partial charge is 0.326 e. The number of benzene rings is 1. The van der Waals surface area contributed by atoms with Crippen LogP contribution in [-0.4, -0.2) is 97.9 Å². The van der Waals surface area contributed by atoms with Gasteiger partial charge in [0.1, 0.15) is 29.9 Å². The number of primary amides is 1. The molecule has 0 aliphatic heterocycles. The normalized spacial score (nSPS) is 14.2. The van der Waals surface area contributed by atoms with Gasteiger partial charge in [0.2, 0.25) is 29.5 Å². The van der Waals surface area contributed by atoms with E-state index in [0.29, 0.717) is 17.0 Å². The van der Waals surface area contributed by atoms with Crippen molar-refractivity contribution < 1.29 is 39.0 Å². The molecule has 2 rings (SSSR count). The van der Waals surface area contributed by atoms with Crippen molar-refractivity contribution in [1.82, 2.24) is 31.2 Å². The molecule has 0 unspecified atom stereocenters. The predicted molar refractivity (Wildman–Crippen MR) is 160 cm³/mol. The molecule has 1 aromatic carbocycles. The summed E-state index contributed by atoms with van der Waals surface area (Å²) in [5.41, 5.74) is 11.9. The Kier molecular flexibility index (Phi) is 14.1. The minimum absolute atomic E-state index is 0.0105. The van der Waals surface area contributed by atoms with Crippen molar-refractivity contribution in [3.8, 4) is 5.75 Å². The van der Waals surface area contributed by atoms with Crippen molar-refractivity contribution in [3.63, 3.8) is 0 Å². The summed E-state index contributed by atoms with van der Waals surface area (Å²) >= 11 is 1.41. The van der Waals surface area contributed by atoms with Crippen LogP contribution in [0, 0.1) is 0 Å². The molecule has 11 N–H and O–H groups in total. The van der Waals surface area contributed by atoms with E-state index in [-0.39, 0.29) is 25.0 Å². The van der Waals surface area contributed by atoms with Gasteiger partial charge in [-0.3, -0.25) is 24.0 Å². The standard InChI is InChI=1S/C27H38N8O8S/c1-14(23(38)33-19(7-8-44-2)25(40)35-21(27(42)43)10-16-12-30-13-31-16)32-26(41)20(9-15-3-5-17(36)6-4-15)34-24(39)18(28)11-22(29)37/h3-6,12-14,18-21,36H,7-11,28H2,1-2H3,(H2,29,37)(H,30,31)(H,32,41)(H,33,38)(H,34,39)(H,35,40)(H,42,43)/t14-,18-,19-,20-,21-/m0/s1. The minimum atomic E-state index is -1.32. The molecular weight excluding hydrogens is 596 g/mol. The molecule has 17 heteroatoms. The first kappa shape index (κ1) is 35.6. The number of carbonyl (C=O) groups is 6. The maximum atomic E-state index is 13.2. The molecule has 0 fully saturated rings. The van der Waals surface area contributed by atoms with Crippen LogP contribution in [0.1, 0.15) is 31.0 Å². The van der Waals surface area contributed by atoms with Gasteiger partial charge in [0.25, 0.3) is 0 Å². The summed E-state index contributed by atoms with van der Waals surface area (Å²) in [5, 5.41) is 29.1. The van der Waals surface area contributed by atoms with Crippen LogP contribution in [0.2, 0.25) is 0 Å². The molecule has 0 aliphatic carbocycles. The third kappa shape index (κ3) is 11.9. The highest BCUT2D eigenvalue weighted by Gasteiger charge is 2.30. The molecule has 0 radical (unpaired) electrons. The number of aromatic nitrogens is 2. The molecule has 44 heavy (non-hydrogen) atoms. The maximum Gasteiger partial charge on any atom is 0.326 e. The number of phenolic OH excluding ortho intramolecular Hbond substituents is 1. The number of nitrogens with one attached hydrogen (secondary N) is 5. The number of phenols is 1. The van der Waals surface area contributed by atoms with Crippen LogP contribution in [0.15, 0.2) is 36.8 Å². The highest BCUT2D eigenvalue weighted by molar-refractivity contribution is 7.98. The Bertz CT molecular complexity index is 1290. The number of carboxylic acid groups (broad SMARTS) is 1. The number of hydrogen-bond acceptors (Lipinski definition) is 10. The SMILES string of the molecule is CSCC[C@H](NC(=O)[C@H](C)NC(=O)[C@H](Cc1ccc(O)cc1)NC(=O)[C@@H](N)CC(N)=O)C(=O)N[C@@H](Cc1cnc[nH]1)C(=O)O. The average molecular weight is 635 g/mol. The van der Waals surface area contributed by atoms with Crippen LogP contribution in [0.5, 0.6) is 5.75 Å². The van der Waals surface area contributed by atoms with E-state index < -0.39 is 72.1 Å². The van der Waals surface area contributed by atoms with E-state index in [0.717, 1.165) is 0 Å². The molecule has 0 saturated heterocycles. The molecule has 0 saturated carbocycles. The summed E-state index contributed by atoms with van der Waals surface area (Å²) < 4.78 is 0. The molecule has 5 atom stereocenters. The van der Waals surface area contributed by atoms with E-state index in [2.05, 4.69) is 31.2 Å². The summed E-state index contributed by atoms with van der Waals surface area (Å²) in [5.74, 6) is -4.69. The fourth-order valence-corrected chi connectivity index (χ4v) is 4.41. The number of aliphatic carboxylic acids is 1. The second kappa shape index (κ2) is 17.5. The molecule has 240 valence electrons. The lowest BCUT2D eigenvalue weighted by Crippen LogP contribution is -2.58. The first-order valence-electron chi connectivity index (χ1n) is 13.5. The Morgan fingerprint density at radius 2 is 1.52 bits per heavy atom. The second-order valence-electron chi connectivity index (χ2n) is 9.96. The highest BCUT2D eigenvalue weighted by atomic mass is 32.2. The molecule has 1 heterocycles. The van der Waals surface area contributed by atoms with Crippen LogP contribution in [0.3, 0.4) is 0 Å². The van der Waals surface area contributed by atoms with Crippen LogP contribution < -0.4 is 32.7 Å². The van der Waals surface area contributed by atoms with Gasteiger partial charge in [-0.05, 0) is 43.0 Å². The van der Waals surface area contributed by atoms with Gasteiger partial charge >= 0.3 is 5.97 Å². The van der Waals surface area contributed by atoms with Crippen molar-refractivity contribution in [1.29, 1.82) is 0 Å². The second-order valence-corrected chi connectivity index (χ2v) is 10.9. The van der Waals surface area contributed by atoms with Gasteiger partial charge < -0.3 is 47.9 Å². The van der Waals surface area contributed by atoms with Gasteiger partial charge in [-0.1, -0.05) is 12.1 Å². The van der Waals surface area contributed by atoms with Crippen LogP contribution >= 0.6 is 11.8 Å². The van der Waals surface area contributed by atoms with Crippen molar-refractivity contribution >= 4 is 47.3 Å². The number of nitrogens with two attached hydrogens (primary N) is 2. The molecule has 16 nitrogen and oxygen atoms in total. The number of H-pyrrole nitrogens is 1. The fourth-order valence-electron chi connectivity index (χ4n) is 3.93. The number of aromatic hydroxyl groups is 1. The zero-order valence-electron chi connectivity index (χ0n) is 24.2.